The van der Waals surface area contributed by atoms with Crippen molar-refractivity contribution in [2.24, 2.45) is 16.5 Å². The van der Waals surface area contributed by atoms with E-state index in [1.54, 1.807) is 18.3 Å². The van der Waals surface area contributed by atoms with Crippen molar-refractivity contribution < 1.29 is 4.79 Å². The maximum atomic E-state index is 12.6. The number of fused-ring (bicyclic) bond motifs is 1. The summed E-state index contributed by atoms with van der Waals surface area (Å²) >= 11 is 0. The molecule has 2 unspecified atom stereocenters. The van der Waals surface area contributed by atoms with Crippen LogP contribution in [0.25, 0.3) is 10.9 Å². The van der Waals surface area contributed by atoms with Crippen molar-refractivity contribution in [3.05, 3.63) is 53.9 Å². The van der Waals surface area contributed by atoms with Crippen molar-refractivity contribution in [3.8, 4) is 0 Å². The molecule has 0 spiro atoms. The lowest BCUT2D eigenvalue weighted by Crippen LogP contribution is -2.38. The summed E-state index contributed by atoms with van der Waals surface area (Å²) in [6.45, 7) is 2.02. The van der Waals surface area contributed by atoms with E-state index in [0.717, 1.165) is 42.1 Å². The number of anilines is 2. The monoisotopic (exact) mass is 418 g/mol. The van der Waals surface area contributed by atoms with Crippen molar-refractivity contribution in [1.82, 2.24) is 15.0 Å². The van der Waals surface area contributed by atoms with Gasteiger partial charge in [0.05, 0.1) is 23.2 Å². The van der Waals surface area contributed by atoms with Crippen LogP contribution < -0.4 is 22.1 Å². The van der Waals surface area contributed by atoms with Gasteiger partial charge in [-0.05, 0) is 44.0 Å². The average Bonchev–Trinajstić information content (AvgIpc) is 2.76. The van der Waals surface area contributed by atoms with Gasteiger partial charge in [-0.15, -0.1) is 0 Å². The highest BCUT2D eigenvalue weighted by atomic mass is 16.1. The number of carbonyl (C=O) groups excluding carboxylic acids is 1. The Kier molecular flexibility index (Phi) is 5.92. The first-order valence-corrected chi connectivity index (χ1v) is 10.3. The minimum absolute atomic E-state index is 0.0259. The molecule has 160 valence electrons. The van der Waals surface area contributed by atoms with Gasteiger partial charge in [0, 0.05) is 17.8 Å². The number of nitrogens with one attached hydrogen (secondary N) is 2. The Morgan fingerprint density at radius 3 is 2.77 bits per heavy atom. The number of carbonyl (C=O) groups is 1. The van der Waals surface area contributed by atoms with Crippen LogP contribution in [0.15, 0.2) is 47.7 Å². The van der Waals surface area contributed by atoms with E-state index in [0.29, 0.717) is 11.4 Å². The number of hydrogen-bond donors (Lipinski definition) is 4. The van der Waals surface area contributed by atoms with Crippen LogP contribution in [0, 0.1) is 6.92 Å². The molecular weight excluding hydrogens is 392 g/mol. The zero-order valence-electron chi connectivity index (χ0n) is 17.4. The van der Waals surface area contributed by atoms with E-state index in [1.807, 2.05) is 25.1 Å². The largest absolute Gasteiger partial charge is 0.370 e. The number of hydrogen-bond acceptors (Lipinski definition) is 6. The summed E-state index contributed by atoms with van der Waals surface area (Å²) in [7, 11) is 0. The Labute approximate surface area is 180 Å². The maximum Gasteiger partial charge on any atom is 0.259 e. The Hall–Kier alpha value is -3.75. The molecule has 9 heteroatoms. The molecule has 31 heavy (non-hydrogen) atoms. The van der Waals surface area contributed by atoms with Crippen LogP contribution in [0.1, 0.15) is 41.6 Å². The normalized spacial score (nSPS) is 18.4. The molecule has 1 aliphatic rings. The highest BCUT2D eigenvalue weighted by Crippen LogP contribution is 2.29. The summed E-state index contributed by atoms with van der Waals surface area (Å²) < 4.78 is 0. The summed E-state index contributed by atoms with van der Waals surface area (Å²) in [4.78, 5) is 30.1. The summed E-state index contributed by atoms with van der Waals surface area (Å²) in [6, 6.07) is 9.34. The van der Waals surface area contributed by atoms with Gasteiger partial charge in [0.25, 0.3) is 5.91 Å². The predicted molar refractivity (Wildman–Crippen MR) is 122 cm³/mol. The van der Waals surface area contributed by atoms with Gasteiger partial charge in [-0.2, -0.15) is 4.98 Å². The van der Waals surface area contributed by atoms with Gasteiger partial charge in [-0.1, -0.05) is 24.5 Å². The molecule has 6 N–H and O–H groups in total. The van der Waals surface area contributed by atoms with Crippen molar-refractivity contribution in [3.63, 3.8) is 0 Å². The molecule has 0 saturated heterocycles. The van der Waals surface area contributed by atoms with Crippen molar-refractivity contribution in [2.45, 2.75) is 44.7 Å². The molecule has 4 rings (SSSR count). The summed E-state index contributed by atoms with van der Waals surface area (Å²) in [5.41, 5.74) is 13.6. The van der Waals surface area contributed by atoms with Crippen LogP contribution in [-0.2, 0) is 0 Å². The number of benzene rings is 1. The first-order valence-electron chi connectivity index (χ1n) is 10.3. The van der Waals surface area contributed by atoms with Gasteiger partial charge < -0.3 is 16.8 Å². The van der Waals surface area contributed by atoms with Gasteiger partial charge in [-0.25, -0.2) is 9.98 Å². The standard InChI is InChI=1S/C22H26N8O/c1-13-8-9-16-15(11-13)19(26-17-6-2-3-7-18(17)27-21(23)24)29-22(28-16)30-20(31)14-5-4-10-25-12-14/h4-5,8-12,17-18H,2-3,6-7H2,1H3,(H4,23,24,27)(H2,26,28,29,30,31). The number of nitrogens with zero attached hydrogens (tertiary/aromatic N) is 4. The molecule has 0 aliphatic heterocycles. The zero-order valence-corrected chi connectivity index (χ0v) is 17.4. The molecule has 2 atom stereocenters. The van der Waals surface area contributed by atoms with Gasteiger partial charge >= 0.3 is 0 Å². The molecule has 3 aromatic rings. The first kappa shape index (κ1) is 20.5. The smallest absolute Gasteiger partial charge is 0.259 e. The van der Waals surface area contributed by atoms with Gasteiger partial charge in [0.15, 0.2) is 5.96 Å². The number of pyridine rings is 1. The number of nitrogens with two attached hydrogens (primary N) is 2. The van der Waals surface area contributed by atoms with E-state index in [2.05, 4.69) is 30.6 Å². The number of aliphatic imine (C=N–C) groups is 1. The summed E-state index contributed by atoms with van der Waals surface area (Å²) in [5.74, 6) is 0.646. The summed E-state index contributed by atoms with van der Waals surface area (Å²) in [6.07, 6.45) is 7.11. The predicted octanol–water partition coefficient (Wildman–Crippen LogP) is 2.58. The number of aryl methyl sites for hydroxylation is 1. The van der Waals surface area contributed by atoms with Crippen LogP contribution in [0.4, 0.5) is 11.8 Å². The molecule has 1 aromatic carbocycles. The van der Waals surface area contributed by atoms with Crippen molar-refractivity contribution in [2.75, 3.05) is 10.6 Å². The molecule has 1 aliphatic carbocycles. The van der Waals surface area contributed by atoms with E-state index in [9.17, 15) is 4.79 Å². The van der Waals surface area contributed by atoms with Crippen molar-refractivity contribution in [1.29, 1.82) is 0 Å². The molecule has 9 nitrogen and oxygen atoms in total. The number of amides is 1. The van der Waals surface area contributed by atoms with Crippen LogP contribution in [0.3, 0.4) is 0 Å². The number of aromatic nitrogens is 3. The minimum atomic E-state index is -0.318. The molecule has 1 saturated carbocycles. The van der Waals surface area contributed by atoms with Crippen LogP contribution in [-0.4, -0.2) is 38.9 Å². The molecule has 2 aromatic heterocycles. The first-order chi connectivity index (χ1) is 15.0. The number of guanidine groups is 1. The quantitative estimate of drug-likeness (QED) is 0.368. The van der Waals surface area contributed by atoms with E-state index in [4.69, 9.17) is 11.5 Å². The maximum absolute atomic E-state index is 12.6. The van der Waals surface area contributed by atoms with Gasteiger partial charge in [0.2, 0.25) is 5.95 Å². The average molecular weight is 419 g/mol. The minimum Gasteiger partial charge on any atom is -0.370 e. The van der Waals surface area contributed by atoms with E-state index >= 15 is 0 Å². The Balaban J connectivity index is 1.68. The highest BCUT2D eigenvalue weighted by Gasteiger charge is 2.26. The van der Waals surface area contributed by atoms with E-state index < -0.39 is 0 Å². The third kappa shape index (κ3) is 4.88. The zero-order chi connectivity index (χ0) is 21.8. The van der Waals surface area contributed by atoms with Crippen molar-refractivity contribution >= 4 is 34.5 Å². The topological polar surface area (TPSA) is 144 Å². The Morgan fingerprint density at radius 2 is 2.00 bits per heavy atom. The highest BCUT2D eigenvalue weighted by molar-refractivity contribution is 6.04. The van der Waals surface area contributed by atoms with E-state index in [1.165, 1.54) is 6.20 Å². The van der Waals surface area contributed by atoms with Crippen LogP contribution in [0.2, 0.25) is 0 Å². The second kappa shape index (κ2) is 8.95. The molecule has 0 radical (unpaired) electrons. The third-order valence-corrected chi connectivity index (χ3v) is 5.37. The second-order valence-electron chi connectivity index (χ2n) is 7.77. The summed E-state index contributed by atoms with van der Waals surface area (Å²) in [5, 5.41) is 7.19. The molecule has 2 heterocycles. The molecule has 1 fully saturated rings. The van der Waals surface area contributed by atoms with Gasteiger partial charge in [-0.3, -0.25) is 15.1 Å². The second-order valence-corrected chi connectivity index (χ2v) is 7.77. The van der Waals surface area contributed by atoms with Gasteiger partial charge in [0.1, 0.15) is 5.82 Å². The van der Waals surface area contributed by atoms with Crippen LogP contribution >= 0.6 is 0 Å². The number of rotatable bonds is 5. The Bertz CT molecular complexity index is 1110. The Morgan fingerprint density at radius 1 is 1.16 bits per heavy atom. The lowest BCUT2D eigenvalue weighted by molar-refractivity contribution is 0.102. The lowest BCUT2D eigenvalue weighted by Gasteiger charge is -2.30. The third-order valence-electron chi connectivity index (χ3n) is 5.37. The van der Waals surface area contributed by atoms with Crippen LogP contribution in [0.5, 0.6) is 0 Å². The fraction of sp³-hybridized carbons (Fsp3) is 0.318. The molecule has 0 bridgehead atoms. The SMILES string of the molecule is Cc1ccc2nc(NC(=O)c3cccnc3)nc(NC3CCCCC3N=C(N)N)c2c1. The molecular formula is C22H26N8O. The fourth-order valence-electron chi connectivity index (χ4n) is 3.88. The molecule has 1 amide bonds. The fourth-order valence-corrected chi connectivity index (χ4v) is 3.88. The van der Waals surface area contributed by atoms with E-state index in [-0.39, 0.29) is 29.9 Å². The lowest BCUT2D eigenvalue weighted by atomic mass is 9.90.